The molecule has 1 aliphatic carbocycles. The summed E-state index contributed by atoms with van der Waals surface area (Å²) in [6, 6.07) is 2.78. The largest absolute Gasteiger partial charge is 0.384 e. The minimum atomic E-state index is 0.431. The Morgan fingerprint density at radius 3 is 3.26 bits per heavy atom. The quantitative estimate of drug-likeness (QED) is 0.904. The van der Waals surface area contributed by atoms with Gasteiger partial charge in [-0.3, -0.25) is 4.98 Å². The van der Waals surface area contributed by atoms with Crippen molar-refractivity contribution in [2.24, 2.45) is 0 Å². The van der Waals surface area contributed by atoms with Gasteiger partial charge in [0, 0.05) is 13.1 Å². The van der Waals surface area contributed by atoms with Crippen molar-refractivity contribution in [3.05, 3.63) is 18.5 Å². The number of aromatic nitrogens is 1. The van der Waals surface area contributed by atoms with E-state index in [1.54, 1.807) is 0 Å². The van der Waals surface area contributed by atoms with Crippen LogP contribution in [0.2, 0.25) is 0 Å². The standard InChI is InChI=1S/C15H23N3O/c1-2-6-17-12-9-13(11-16-10-12)18-7-8-19-15-5-3-4-14(15)18/h9-11,14-15,17H,2-8H2,1H3. The molecule has 1 aromatic rings. The zero-order chi connectivity index (χ0) is 13.1. The van der Waals surface area contributed by atoms with Crippen molar-refractivity contribution in [1.82, 2.24) is 4.98 Å². The highest BCUT2D eigenvalue weighted by Gasteiger charge is 2.36. The minimum absolute atomic E-state index is 0.431. The van der Waals surface area contributed by atoms with Crippen LogP contribution in [0, 0.1) is 0 Å². The summed E-state index contributed by atoms with van der Waals surface area (Å²) in [5.41, 5.74) is 2.36. The van der Waals surface area contributed by atoms with Crippen LogP contribution in [-0.4, -0.2) is 36.8 Å². The topological polar surface area (TPSA) is 37.4 Å². The first kappa shape index (κ1) is 12.7. The van der Waals surface area contributed by atoms with E-state index in [0.29, 0.717) is 12.1 Å². The van der Waals surface area contributed by atoms with Crippen LogP contribution in [0.5, 0.6) is 0 Å². The summed E-state index contributed by atoms with van der Waals surface area (Å²) in [5.74, 6) is 0. The maximum atomic E-state index is 5.87. The third-order valence-electron chi connectivity index (χ3n) is 4.12. The second-order valence-electron chi connectivity index (χ2n) is 5.46. The monoisotopic (exact) mass is 261 g/mol. The SMILES string of the molecule is CCCNc1cncc(N2CCOC3CCCC32)c1. The molecule has 104 valence electrons. The maximum Gasteiger partial charge on any atom is 0.0779 e. The predicted octanol–water partition coefficient (Wildman–Crippen LogP) is 2.66. The van der Waals surface area contributed by atoms with Gasteiger partial charge in [-0.05, 0) is 31.7 Å². The number of nitrogens with one attached hydrogen (secondary N) is 1. The van der Waals surface area contributed by atoms with Gasteiger partial charge in [-0.2, -0.15) is 0 Å². The Hall–Kier alpha value is -1.29. The molecule has 4 heteroatoms. The first-order valence-corrected chi connectivity index (χ1v) is 7.45. The van der Waals surface area contributed by atoms with Crippen LogP contribution in [0.1, 0.15) is 32.6 Å². The average Bonchev–Trinajstić information content (AvgIpc) is 2.93. The number of rotatable bonds is 4. The van der Waals surface area contributed by atoms with Crippen molar-refractivity contribution in [3.8, 4) is 0 Å². The van der Waals surface area contributed by atoms with Gasteiger partial charge in [0.05, 0.1) is 42.5 Å². The molecule has 2 heterocycles. The molecule has 1 aliphatic heterocycles. The fraction of sp³-hybridized carbons (Fsp3) is 0.667. The van der Waals surface area contributed by atoms with Gasteiger partial charge < -0.3 is 15.0 Å². The highest BCUT2D eigenvalue weighted by atomic mass is 16.5. The molecule has 1 saturated heterocycles. The van der Waals surface area contributed by atoms with Crippen molar-refractivity contribution in [1.29, 1.82) is 0 Å². The van der Waals surface area contributed by atoms with Crippen LogP contribution < -0.4 is 10.2 Å². The van der Waals surface area contributed by atoms with Gasteiger partial charge in [-0.25, -0.2) is 0 Å². The number of fused-ring (bicyclic) bond motifs is 1. The second-order valence-corrected chi connectivity index (χ2v) is 5.46. The van der Waals surface area contributed by atoms with Crippen molar-refractivity contribution in [2.45, 2.75) is 44.8 Å². The lowest BCUT2D eigenvalue weighted by Gasteiger charge is -2.39. The molecule has 2 aliphatic rings. The van der Waals surface area contributed by atoms with Gasteiger partial charge >= 0.3 is 0 Å². The molecule has 0 bridgehead atoms. The predicted molar refractivity (Wildman–Crippen MR) is 77.7 cm³/mol. The third kappa shape index (κ3) is 2.68. The smallest absolute Gasteiger partial charge is 0.0779 e. The van der Waals surface area contributed by atoms with Crippen molar-refractivity contribution >= 4 is 11.4 Å². The van der Waals surface area contributed by atoms with Crippen LogP contribution in [0.3, 0.4) is 0 Å². The van der Waals surface area contributed by atoms with Gasteiger partial charge in [0.2, 0.25) is 0 Å². The summed E-state index contributed by atoms with van der Waals surface area (Å²) in [6.45, 7) is 5.00. The van der Waals surface area contributed by atoms with Crippen LogP contribution >= 0.6 is 0 Å². The van der Waals surface area contributed by atoms with Crippen LogP contribution in [-0.2, 0) is 4.74 Å². The molecule has 1 saturated carbocycles. The average molecular weight is 261 g/mol. The number of morpholine rings is 1. The van der Waals surface area contributed by atoms with Crippen molar-refractivity contribution < 1.29 is 4.74 Å². The van der Waals surface area contributed by atoms with E-state index >= 15 is 0 Å². The summed E-state index contributed by atoms with van der Waals surface area (Å²) in [4.78, 5) is 6.87. The molecular weight excluding hydrogens is 238 g/mol. The molecule has 4 nitrogen and oxygen atoms in total. The van der Waals surface area contributed by atoms with Crippen LogP contribution in [0.15, 0.2) is 18.5 Å². The first-order chi connectivity index (χ1) is 9.38. The molecule has 1 N–H and O–H groups in total. The lowest BCUT2D eigenvalue weighted by molar-refractivity contribution is 0.0256. The summed E-state index contributed by atoms with van der Waals surface area (Å²) >= 11 is 0. The van der Waals surface area contributed by atoms with Crippen LogP contribution in [0.25, 0.3) is 0 Å². The third-order valence-corrected chi connectivity index (χ3v) is 4.12. The first-order valence-electron chi connectivity index (χ1n) is 7.45. The Kier molecular flexibility index (Phi) is 3.87. The normalized spacial score (nSPS) is 26.3. The highest BCUT2D eigenvalue weighted by molar-refractivity contribution is 5.56. The lowest BCUT2D eigenvalue weighted by atomic mass is 10.1. The second kappa shape index (κ2) is 5.78. The Morgan fingerprint density at radius 2 is 2.37 bits per heavy atom. The molecule has 0 spiro atoms. The molecule has 0 aromatic carbocycles. The van der Waals surface area contributed by atoms with E-state index in [4.69, 9.17) is 4.74 Å². The van der Waals surface area contributed by atoms with Crippen molar-refractivity contribution in [2.75, 3.05) is 29.9 Å². The van der Waals surface area contributed by atoms with Gasteiger partial charge in [0.1, 0.15) is 0 Å². The van der Waals surface area contributed by atoms with Crippen LogP contribution in [0.4, 0.5) is 11.4 Å². The van der Waals surface area contributed by atoms with Gasteiger partial charge in [0.25, 0.3) is 0 Å². The van der Waals surface area contributed by atoms with E-state index < -0.39 is 0 Å². The van der Waals surface area contributed by atoms with E-state index in [-0.39, 0.29) is 0 Å². The van der Waals surface area contributed by atoms with Gasteiger partial charge in [-0.1, -0.05) is 6.92 Å². The summed E-state index contributed by atoms with van der Waals surface area (Å²) in [7, 11) is 0. The van der Waals surface area contributed by atoms with Gasteiger partial charge in [-0.15, -0.1) is 0 Å². The summed E-state index contributed by atoms with van der Waals surface area (Å²) in [5, 5.41) is 3.41. The Bertz CT molecular complexity index is 424. The number of pyridine rings is 1. The zero-order valence-corrected chi connectivity index (χ0v) is 11.6. The molecule has 0 amide bonds. The van der Waals surface area contributed by atoms with E-state index in [0.717, 1.165) is 31.8 Å². The zero-order valence-electron chi connectivity index (χ0n) is 11.6. The van der Waals surface area contributed by atoms with Gasteiger partial charge in [0.15, 0.2) is 0 Å². The van der Waals surface area contributed by atoms with E-state index in [9.17, 15) is 0 Å². The number of anilines is 2. The van der Waals surface area contributed by atoms with E-state index in [1.165, 1.54) is 24.9 Å². The Morgan fingerprint density at radius 1 is 1.42 bits per heavy atom. The molecule has 0 radical (unpaired) electrons. The minimum Gasteiger partial charge on any atom is -0.384 e. The van der Waals surface area contributed by atoms with E-state index in [1.807, 2.05) is 12.4 Å². The molecule has 2 fully saturated rings. The maximum absolute atomic E-state index is 5.87. The lowest BCUT2D eigenvalue weighted by Crippen LogP contribution is -2.48. The highest BCUT2D eigenvalue weighted by Crippen LogP contribution is 2.33. The molecule has 2 atom stereocenters. The van der Waals surface area contributed by atoms with E-state index in [2.05, 4.69) is 28.2 Å². The fourth-order valence-corrected chi connectivity index (χ4v) is 3.20. The molecule has 3 rings (SSSR count). The number of ether oxygens (including phenoxy) is 1. The Balaban J connectivity index is 1.76. The Labute approximate surface area is 115 Å². The number of nitrogens with zero attached hydrogens (tertiary/aromatic N) is 2. The fourth-order valence-electron chi connectivity index (χ4n) is 3.20. The summed E-state index contributed by atoms with van der Waals surface area (Å²) < 4.78 is 5.87. The number of hydrogen-bond donors (Lipinski definition) is 1. The molecule has 2 unspecified atom stereocenters. The summed E-state index contributed by atoms with van der Waals surface area (Å²) in [6.07, 6.45) is 9.20. The molecule has 19 heavy (non-hydrogen) atoms. The number of hydrogen-bond acceptors (Lipinski definition) is 4. The molecule has 1 aromatic heterocycles. The van der Waals surface area contributed by atoms with Crippen molar-refractivity contribution in [3.63, 3.8) is 0 Å². The molecular formula is C15H23N3O.